The first kappa shape index (κ1) is 18.2. The molecule has 22 heavy (non-hydrogen) atoms. The molecule has 0 aliphatic heterocycles. The number of halogens is 2. The van der Waals surface area contributed by atoms with Gasteiger partial charge >= 0.3 is 6.11 Å². The minimum Gasteiger partial charge on any atom is -0.316 e. The van der Waals surface area contributed by atoms with E-state index >= 15 is 0 Å². The van der Waals surface area contributed by atoms with E-state index in [0.717, 1.165) is 18.1 Å². The molecule has 1 heterocycles. The summed E-state index contributed by atoms with van der Waals surface area (Å²) in [6.45, 7) is 4.98. The van der Waals surface area contributed by atoms with Gasteiger partial charge in [0.2, 0.25) is 0 Å². The molecule has 120 valence electrons. The highest BCUT2D eigenvalue weighted by molar-refractivity contribution is 5.62. The molecular formula is C18H23F2NO. The summed E-state index contributed by atoms with van der Waals surface area (Å²) < 4.78 is 29.7. The number of alkyl halides is 2. The van der Waals surface area contributed by atoms with Crippen LogP contribution >= 0.6 is 0 Å². The molecule has 0 saturated heterocycles. The van der Waals surface area contributed by atoms with Gasteiger partial charge in [0.05, 0.1) is 6.61 Å². The van der Waals surface area contributed by atoms with Crippen LogP contribution in [0.5, 0.6) is 0 Å². The highest BCUT2D eigenvalue weighted by Crippen LogP contribution is 2.21. The van der Waals surface area contributed by atoms with E-state index in [0.29, 0.717) is 5.56 Å². The predicted molar refractivity (Wildman–Crippen MR) is 85.7 cm³/mol. The molecule has 4 heteroatoms. The highest BCUT2D eigenvalue weighted by Gasteiger charge is 2.21. The van der Waals surface area contributed by atoms with Crippen LogP contribution in [0.15, 0.2) is 48.8 Å². The van der Waals surface area contributed by atoms with E-state index in [1.54, 1.807) is 18.5 Å². The second-order valence-corrected chi connectivity index (χ2v) is 5.04. The Morgan fingerprint density at radius 3 is 2.27 bits per heavy atom. The molecule has 0 bridgehead atoms. The third-order valence-corrected chi connectivity index (χ3v) is 2.91. The summed E-state index contributed by atoms with van der Waals surface area (Å²) in [7, 11) is 0. The van der Waals surface area contributed by atoms with Crippen molar-refractivity contribution >= 4 is 0 Å². The summed E-state index contributed by atoms with van der Waals surface area (Å²) in [5.74, 6) is 0. The van der Waals surface area contributed by atoms with Gasteiger partial charge in [-0.25, -0.2) is 0 Å². The molecule has 0 amide bonds. The van der Waals surface area contributed by atoms with E-state index in [4.69, 9.17) is 0 Å². The molecule has 0 aliphatic rings. The molecule has 0 atom stereocenters. The van der Waals surface area contributed by atoms with Crippen LogP contribution in [0.1, 0.15) is 39.2 Å². The number of aromatic nitrogens is 1. The summed E-state index contributed by atoms with van der Waals surface area (Å²) in [6, 6.07) is 11.0. The number of hydrogen-bond acceptors (Lipinski definition) is 2. The maximum Gasteiger partial charge on any atom is 0.353 e. The number of ether oxygens (including phenoxy) is 1. The zero-order valence-electron chi connectivity index (χ0n) is 13.4. The van der Waals surface area contributed by atoms with E-state index in [9.17, 15) is 8.78 Å². The van der Waals surface area contributed by atoms with Crippen LogP contribution in [0.3, 0.4) is 0 Å². The summed E-state index contributed by atoms with van der Waals surface area (Å²) in [5, 5.41) is 0. The third kappa shape index (κ3) is 7.27. The standard InChI is InChI=1S/C14H13F2NO.C4H10/c1-14(15,16)18-10-11-4-2-5-12(8-11)13-6-3-7-17-9-13;1-3-4-2/h2-9H,10H2,1H3;3-4H2,1-2H3. The first-order valence-corrected chi connectivity index (χ1v) is 7.47. The summed E-state index contributed by atoms with van der Waals surface area (Å²) >= 11 is 0. The van der Waals surface area contributed by atoms with E-state index in [-0.39, 0.29) is 6.61 Å². The maximum atomic E-state index is 12.6. The number of rotatable bonds is 5. The normalized spacial score (nSPS) is 10.8. The monoisotopic (exact) mass is 307 g/mol. The fourth-order valence-electron chi connectivity index (χ4n) is 1.58. The second kappa shape index (κ2) is 9.26. The Hall–Kier alpha value is -1.81. The van der Waals surface area contributed by atoms with Crippen molar-refractivity contribution in [1.82, 2.24) is 4.98 Å². The Bertz CT molecular complexity index is 536. The van der Waals surface area contributed by atoms with Gasteiger partial charge in [-0.2, -0.15) is 8.78 Å². The number of unbranched alkanes of at least 4 members (excludes halogenated alkanes) is 1. The van der Waals surface area contributed by atoms with Gasteiger partial charge in [-0.15, -0.1) is 0 Å². The minimum atomic E-state index is -3.11. The summed E-state index contributed by atoms with van der Waals surface area (Å²) in [4.78, 5) is 4.02. The van der Waals surface area contributed by atoms with Crippen LogP contribution in [0.2, 0.25) is 0 Å². The molecule has 0 fully saturated rings. The summed E-state index contributed by atoms with van der Waals surface area (Å²) in [6.07, 6.45) is 2.95. The maximum absolute atomic E-state index is 12.6. The Kier molecular flexibility index (Phi) is 7.67. The zero-order chi connectivity index (χ0) is 16.4. The van der Waals surface area contributed by atoms with Gasteiger partial charge in [-0.3, -0.25) is 4.98 Å². The first-order chi connectivity index (χ1) is 10.5. The number of benzene rings is 1. The SMILES string of the molecule is CC(F)(F)OCc1cccc(-c2cccnc2)c1.CCCC. The molecule has 0 radical (unpaired) electrons. The van der Waals surface area contributed by atoms with Crippen molar-refractivity contribution in [2.75, 3.05) is 0 Å². The highest BCUT2D eigenvalue weighted by atomic mass is 19.3. The van der Waals surface area contributed by atoms with Crippen molar-refractivity contribution < 1.29 is 13.5 Å². The first-order valence-electron chi connectivity index (χ1n) is 7.47. The van der Waals surface area contributed by atoms with Crippen molar-refractivity contribution in [3.05, 3.63) is 54.4 Å². The Labute approximate surface area is 131 Å². The molecule has 1 aromatic carbocycles. The van der Waals surface area contributed by atoms with Gasteiger partial charge in [0.1, 0.15) is 0 Å². The Morgan fingerprint density at radius 1 is 1.05 bits per heavy atom. The molecular weight excluding hydrogens is 284 g/mol. The molecule has 2 aromatic rings. The smallest absolute Gasteiger partial charge is 0.316 e. The summed E-state index contributed by atoms with van der Waals surface area (Å²) in [5.41, 5.74) is 2.59. The topological polar surface area (TPSA) is 22.1 Å². The lowest BCUT2D eigenvalue weighted by Crippen LogP contribution is -2.14. The molecule has 2 rings (SSSR count). The van der Waals surface area contributed by atoms with Crippen molar-refractivity contribution in [2.24, 2.45) is 0 Å². The van der Waals surface area contributed by atoms with E-state index in [1.165, 1.54) is 12.8 Å². The van der Waals surface area contributed by atoms with Crippen molar-refractivity contribution in [2.45, 2.75) is 46.3 Å². The largest absolute Gasteiger partial charge is 0.353 e. The van der Waals surface area contributed by atoms with Gasteiger partial charge in [-0.05, 0) is 28.8 Å². The van der Waals surface area contributed by atoms with Gasteiger partial charge in [0, 0.05) is 19.3 Å². The quantitative estimate of drug-likeness (QED) is 0.708. The van der Waals surface area contributed by atoms with Crippen LogP contribution in [0, 0.1) is 0 Å². The van der Waals surface area contributed by atoms with E-state index < -0.39 is 6.11 Å². The minimum absolute atomic E-state index is 0.113. The lowest BCUT2D eigenvalue weighted by atomic mass is 10.1. The molecule has 0 saturated carbocycles. The lowest BCUT2D eigenvalue weighted by molar-refractivity contribution is -0.231. The fraction of sp³-hybridized carbons (Fsp3) is 0.389. The van der Waals surface area contributed by atoms with Gasteiger partial charge in [0.25, 0.3) is 0 Å². The third-order valence-electron chi connectivity index (χ3n) is 2.91. The van der Waals surface area contributed by atoms with Crippen LogP contribution in [-0.4, -0.2) is 11.1 Å². The van der Waals surface area contributed by atoms with Crippen LogP contribution in [0.4, 0.5) is 8.78 Å². The van der Waals surface area contributed by atoms with E-state index in [1.807, 2.05) is 30.3 Å². The van der Waals surface area contributed by atoms with Crippen molar-refractivity contribution in [3.63, 3.8) is 0 Å². The number of pyridine rings is 1. The van der Waals surface area contributed by atoms with Crippen LogP contribution < -0.4 is 0 Å². The van der Waals surface area contributed by atoms with Crippen LogP contribution in [-0.2, 0) is 11.3 Å². The Morgan fingerprint density at radius 2 is 1.73 bits per heavy atom. The van der Waals surface area contributed by atoms with Crippen molar-refractivity contribution in [1.29, 1.82) is 0 Å². The van der Waals surface area contributed by atoms with Gasteiger partial charge in [0.15, 0.2) is 0 Å². The molecule has 0 N–H and O–H groups in total. The average Bonchev–Trinajstić information content (AvgIpc) is 2.54. The number of hydrogen-bond donors (Lipinski definition) is 0. The molecule has 0 spiro atoms. The average molecular weight is 307 g/mol. The molecule has 2 nitrogen and oxygen atoms in total. The molecule has 0 unspecified atom stereocenters. The van der Waals surface area contributed by atoms with Gasteiger partial charge < -0.3 is 4.74 Å². The second-order valence-electron chi connectivity index (χ2n) is 5.04. The van der Waals surface area contributed by atoms with Crippen LogP contribution in [0.25, 0.3) is 11.1 Å². The predicted octanol–water partition coefficient (Wildman–Crippen LogP) is 5.68. The Balaban J connectivity index is 0.000000541. The van der Waals surface area contributed by atoms with Gasteiger partial charge in [-0.1, -0.05) is 51.0 Å². The molecule has 0 aliphatic carbocycles. The fourth-order valence-corrected chi connectivity index (χ4v) is 1.58. The number of nitrogens with zero attached hydrogens (tertiary/aromatic N) is 1. The molecule has 1 aromatic heterocycles. The zero-order valence-corrected chi connectivity index (χ0v) is 13.4. The lowest BCUT2D eigenvalue weighted by Gasteiger charge is -2.12. The van der Waals surface area contributed by atoms with Crippen molar-refractivity contribution in [3.8, 4) is 11.1 Å². The van der Waals surface area contributed by atoms with E-state index in [2.05, 4.69) is 23.6 Å².